The van der Waals surface area contributed by atoms with E-state index < -0.39 is 0 Å². The van der Waals surface area contributed by atoms with Crippen molar-refractivity contribution in [3.8, 4) is 10.8 Å². The largest absolute Gasteiger partial charge is 0.462 e. The van der Waals surface area contributed by atoms with Crippen LogP contribution in [0.1, 0.15) is 29.3 Å². The lowest BCUT2D eigenvalue weighted by Gasteiger charge is -2.31. The predicted octanol–water partition coefficient (Wildman–Crippen LogP) is 4.52. The molecule has 0 unspecified atom stereocenters. The normalized spacial score (nSPS) is 15.2. The molecule has 2 aromatic heterocycles. The molecule has 1 aromatic carbocycles. The first-order valence-corrected chi connectivity index (χ1v) is 9.50. The third-order valence-electron chi connectivity index (χ3n) is 4.61. The maximum Gasteiger partial charge on any atom is 0.321 e. The minimum Gasteiger partial charge on any atom is -0.462 e. The van der Waals surface area contributed by atoms with E-state index >= 15 is 0 Å². The van der Waals surface area contributed by atoms with Crippen molar-refractivity contribution < 1.29 is 9.21 Å². The highest BCUT2D eigenvalue weighted by Gasteiger charge is 2.26. The van der Waals surface area contributed by atoms with E-state index in [2.05, 4.69) is 15.5 Å². The fraction of sp³-hybridized carbons (Fsp3) is 0.316. The molecule has 7 heteroatoms. The van der Waals surface area contributed by atoms with Gasteiger partial charge < -0.3 is 14.6 Å². The summed E-state index contributed by atoms with van der Waals surface area (Å²) >= 11 is 1.58. The summed E-state index contributed by atoms with van der Waals surface area (Å²) in [6.07, 6.45) is 3.43. The van der Waals surface area contributed by atoms with Crippen molar-refractivity contribution in [1.82, 2.24) is 15.1 Å². The van der Waals surface area contributed by atoms with Crippen LogP contribution in [0.2, 0.25) is 0 Å². The van der Waals surface area contributed by atoms with Gasteiger partial charge in [0.15, 0.2) is 10.8 Å². The molecule has 0 spiro atoms. The number of likely N-dealkylation sites (tertiary alicyclic amines) is 1. The summed E-state index contributed by atoms with van der Waals surface area (Å²) in [5.74, 6) is 1.10. The lowest BCUT2D eigenvalue weighted by molar-refractivity contribution is 0.194. The highest BCUT2D eigenvalue weighted by Crippen LogP contribution is 2.33. The van der Waals surface area contributed by atoms with Gasteiger partial charge in [-0.2, -0.15) is 0 Å². The molecule has 0 saturated carbocycles. The predicted molar refractivity (Wildman–Crippen MR) is 101 cm³/mol. The fourth-order valence-electron chi connectivity index (χ4n) is 3.07. The van der Waals surface area contributed by atoms with Crippen LogP contribution in [-0.2, 0) is 0 Å². The summed E-state index contributed by atoms with van der Waals surface area (Å²) < 4.78 is 5.38. The van der Waals surface area contributed by atoms with Crippen molar-refractivity contribution in [2.45, 2.75) is 25.7 Å². The van der Waals surface area contributed by atoms with E-state index in [0.717, 1.165) is 47.4 Å². The van der Waals surface area contributed by atoms with E-state index in [0.29, 0.717) is 5.92 Å². The quantitative estimate of drug-likeness (QED) is 0.738. The highest BCUT2D eigenvalue weighted by atomic mass is 32.1. The van der Waals surface area contributed by atoms with Crippen molar-refractivity contribution in [2.75, 3.05) is 18.4 Å². The average molecular weight is 368 g/mol. The van der Waals surface area contributed by atoms with Crippen LogP contribution >= 0.6 is 11.3 Å². The van der Waals surface area contributed by atoms with Gasteiger partial charge in [-0.1, -0.05) is 29.0 Å². The number of hydrogen-bond donors (Lipinski definition) is 1. The van der Waals surface area contributed by atoms with Gasteiger partial charge >= 0.3 is 6.03 Å². The van der Waals surface area contributed by atoms with Gasteiger partial charge in [0.1, 0.15) is 5.01 Å². The zero-order chi connectivity index (χ0) is 17.9. The average Bonchev–Trinajstić information content (AvgIpc) is 3.35. The van der Waals surface area contributed by atoms with Crippen LogP contribution in [0.5, 0.6) is 0 Å². The fourth-order valence-corrected chi connectivity index (χ4v) is 4.05. The Bertz CT molecular complexity index is 865. The van der Waals surface area contributed by atoms with Gasteiger partial charge in [0.25, 0.3) is 0 Å². The number of urea groups is 1. The number of amides is 2. The van der Waals surface area contributed by atoms with E-state index in [1.807, 2.05) is 48.2 Å². The van der Waals surface area contributed by atoms with E-state index in [9.17, 15) is 4.79 Å². The van der Waals surface area contributed by atoms with Crippen LogP contribution in [0.3, 0.4) is 0 Å². The third kappa shape index (κ3) is 3.62. The number of nitrogens with one attached hydrogen (secondary N) is 1. The summed E-state index contributed by atoms with van der Waals surface area (Å²) in [5.41, 5.74) is 2.00. The van der Waals surface area contributed by atoms with Crippen LogP contribution < -0.4 is 5.32 Å². The van der Waals surface area contributed by atoms with Gasteiger partial charge in [-0.25, -0.2) is 4.79 Å². The third-order valence-corrected chi connectivity index (χ3v) is 5.71. The van der Waals surface area contributed by atoms with Crippen LogP contribution in [0.15, 0.2) is 47.1 Å². The van der Waals surface area contributed by atoms with Crippen LogP contribution in [0.4, 0.5) is 10.5 Å². The SMILES string of the molecule is Cc1ccc(NC(=O)N2CCC(c3nnc(-c4ccco4)s3)CC2)cc1. The number of piperidine rings is 1. The Kier molecular flexibility index (Phi) is 4.71. The van der Waals surface area contributed by atoms with Crippen molar-refractivity contribution in [3.05, 3.63) is 53.2 Å². The molecule has 6 nitrogen and oxygen atoms in total. The number of hydrogen-bond acceptors (Lipinski definition) is 5. The lowest BCUT2D eigenvalue weighted by atomic mass is 9.98. The zero-order valence-corrected chi connectivity index (χ0v) is 15.3. The second-order valence-corrected chi connectivity index (χ2v) is 7.49. The van der Waals surface area contributed by atoms with Gasteiger partial charge in [0, 0.05) is 24.7 Å². The smallest absolute Gasteiger partial charge is 0.321 e. The summed E-state index contributed by atoms with van der Waals surface area (Å²) in [6.45, 7) is 3.47. The van der Waals surface area contributed by atoms with Crippen LogP contribution in [-0.4, -0.2) is 34.2 Å². The van der Waals surface area contributed by atoms with Gasteiger partial charge in [-0.3, -0.25) is 0 Å². The first kappa shape index (κ1) is 16.8. The molecule has 1 saturated heterocycles. The van der Waals surface area contributed by atoms with E-state index in [1.54, 1.807) is 17.6 Å². The number of carbonyl (C=O) groups excluding carboxylic acids is 1. The molecule has 4 rings (SSSR count). The molecule has 1 N–H and O–H groups in total. The van der Waals surface area contributed by atoms with E-state index in [-0.39, 0.29) is 6.03 Å². The molecule has 1 aliphatic heterocycles. The molecular formula is C19H20N4O2S. The molecule has 134 valence electrons. The van der Waals surface area contributed by atoms with E-state index in [4.69, 9.17) is 4.42 Å². The topological polar surface area (TPSA) is 71.3 Å². The molecular weight excluding hydrogens is 348 g/mol. The van der Waals surface area contributed by atoms with Gasteiger partial charge in [-0.15, -0.1) is 10.2 Å². The zero-order valence-electron chi connectivity index (χ0n) is 14.5. The Morgan fingerprint density at radius 1 is 1.19 bits per heavy atom. The number of aryl methyl sites for hydroxylation is 1. The number of aromatic nitrogens is 2. The molecule has 0 aliphatic carbocycles. The van der Waals surface area contributed by atoms with Crippen LogP contribution in [0, 0.1) is 6.92 Å². The minimum atomic E-state index is -0.0409. The standard InChI is InChI=1S/C19H20N4O2S/c1-13-4-6-15(7-5-13)20-19(24)23-10-8-14(9-11-23)17-21-22-18(26-17)16-3-2-12-25-16/h2-7,12,14H,8-11H2,1H3,(H,20,24). The molecule has 0 bridgehead atoms. The Morgan fingerprint density at radius 3 is 2.65 bits per heavy atom. The minimum absolute atomic E-state index is 0.0409. The number of anilines is 1. The Morgan fingerprint density at radius 2 is 1.96 bits per heavy atom. The monoisotopic (exact) mass is 368 g/mol. The molecule has 26 heavy (non-hydrogen) atoms. The summed E-state index contributed by atoms with van der Waals surface area (Å²) in [4.78, 5) is 14.3. The maximum atomic E-state index is 12.4. The lowest BCUT2D eigenvalue weighted by Crippen LogP contribution is -2.40. The maximum absolute atomic E-state index is 12.4. The molecule has 1 aliphatic rings. The van der Waals surface area contributed by atoms with Gasteiger partial charge in [-0.05, 0) is 44.0 Å². The van der Waals surface area contributed by atoms with Crippen molar-refractivity contribution in [3.63, 3.8) is 0 Å². The molecule has 1 fully saturated rings. The van der Waals surface area contributed by atoms with Crippen molar-refractivity contribution in [2.24, 2.45) is 0 Å². The first-order valence-electron chi connectivity index (χ1n) is 8.69. The number of nitrogens with zero attached hydrogens (tertiary/aromatic N) is 3. The Balaban J connectivity index is 1.33. The summed E-state index contributed by atoms with van der Waals surface area (Å²) in [7, 11) is 0. The number of rotatable bonds is 3. The number of carbonyl (C=O) groups is 1. The van der Waals surface area contributed by atoms with Crippen molar-refractivity contribution >= 4 is 23.1 Å². The summed E-state index contributed by atoms with van der Waals surface area (Å²) in [6, 6.07) is 11.5. The Labute approximate surface area is 155 Å². The molecule has 0 atom stereocenters. The number of benzene rings is 1. The first-order chi connectivity index (χ1) is 12.7. The second-order valence-electron chi connectivity index (χ2n) is 6.48. The molecule has 3 aromatic rings. The second kappa shape index (κ2) is 7.29. The highest BCUT2D eigenvalue weighted by molar-refractivity contribution is 7.14. The summed E-state index contributed by atoms with van der Waals surface area (Å²) in [5, 5.41) is 13.4. The van der Waals surface area contributed by atoms with E-state index in [1.165, 1.54) is 5.56 Å². The molecule has 3 heterocycles. The Hall–Kier alpha value is -2.67. The number of furan rings is 1. The van der Waals surface area contributed by atoms with Crippen molar-refractivity contribution in [1.29, 1.82) is 0 Å². The molecule has 2 amide bonds. The van der Waals surface area contributed by atoms with Gasteiger partial charge in [0.2, 0.25) is 0 Å². The molecule has 0 radical (unpaired) electrons. The van der Waals surface area contributed by atoms with Gasteiger partial charge in [0.05, 0.1) is 6.26 Å². The van der Waals surface area contributed by atoms with Crippen LogP contribution in [0.25, 0.3) is 10.8 Å².